The number of urea groups is 1. The third kappa shape index (κ3) is 7.68. The molecule has 3 rings (SSSR count). The van der Waals surface area contributed by atoms with Gasteiger partial charge in [-0.25, -0.2) is 4.79 Å². The van der Waals surface area contributed by atoms with Crippen molar-refractivity contribution in [2.24, 2.45) is 0 Å². The molecule has 8 heteroatoms. The van der Waals surface area contributed by atoms with Crippen molar-refractivity contribution in [3.63, 3.8) is 0 Å². The van der Waals surface area contributed by atoms with Crippen LogP contribution in [-0.4, -0.2) is 44.4 Å². The lowest BCUT2D eigenvalue weighted by atomic mass is 10.1. The Morgan fingerprint density at radius 2 is 1.61 bits per heavy atom. The summed E-state index contributed by atoms with van der Waals surface area (Å²) in [6.07, 6.45) is 3.83. The summed E-state index contributed by atoms with van der Waals surface area (Å²) in [5.74, 6) is 0.940. The van der Waals surface area contributed by atoms with Gasteiger partial charge in [-0.15, -0.1) is 0 Å². The Balaban J connectivity index is 1.55. The fourth-order valence-corrected chi connectivity index (χ4v) is 3.33. The van der Waals surface area contributed by atoms with Gasteiger partial charge in [-0.1, -0.05) is 13.8 Å². The summed E-state index contributed by atoms with van der Waals surface area (Å²) in [5.41, 5.74) is 1.72. The molecule has 0 bridgehead atoms. The highest BCUT2D eigenvalue weighted by molar-refractivity contribution is 6.04. The maximum absolute atomic E-state index is 12.7. The zero-order valence-electron chi connectivity index (χ0n) is 19.3. The fourth-order valence-electron chi connectivity index (χ4n) is 3.33. The van der Waals surface area contributed by atoms with Crippen molar-refractivity contribution >= 4 is 23.3 Å². The van der Waals surface area contributed by atoms with Crippen molar-refractivity contribution in [3.05, 3.63) is 48.0 Å². The van der Waals surface area contributed by atoms with Gasteiger partial charge in [-0.05, 0) is 68.1 Å². The standard InChI is InChI=1S/C25H33N3O5/c1-3-13-32-22-12-7-18(16-23(22)33-14-4-2)24(29)27-19-8-10-20(11-9-19)28-25(30)26-17-21-6-5-15-31-21/h7-12,16,21H,3-6,13-15,17H2,1-2H3,(H,27,29)(H2,26,28,30). The molecule has 1 atom stereocenters. The number of benzene rings is 2. The fraction of sp³-hybridized carbons (Fsp3) is 0.440. The molecular formula is C25H33N3O5. The number of anilines is 2. The van der Waals surface area contributed by atoms with Gasteiger partial charge in [0.15, 0.2) is 11.5 Å². The van der Waals surface area contributed by atoms with Crippen LogP contribution in [0.25, 0.3) is 0 Å². The Labute approximate surface area is 195 Å². The molecule has 0 radical (unpaired) electrons. The van der Waals surface area contributed by atoms with Crippen molar-refractivity contribution < 1.29 is 23.8 Å². The van der Waals surface area contributed by atoms with E-state index in [1.165, 1.54) is 0 Å². The molecule has 0 aliphatic carbocycles. The topological polar surface area (TPSA) is 97.9 Å². The van der Waals surface area contributed by atoms with Crippen LogP contribution in [0.4, 0.5) is 16.2 Å². The van der Waals surface area contributed by atoms with Crippen molar-refractivity contribution in [1.29, 1.82) is 0 Å². The smallest absolute Gasteiger partial charge is 0.319 e. The van der Waals surface area contributed by atoms with Crippen LogP contribution in [0.1, 0.15) is 49.9 Å². The molecule has 8 nitrogen and oxygen atoms in total. The molecule has 1 heterocycles. The molecule has 0 spiro atoms. The molecule has 1 unspecified atom stereocenters. The minimum absolute atomic E-state index is 0.0912. The van der Waals surface area contributed by atoms with Crippen LogP contribution in [0.5, 0.6) is 11.5 Å². The van der Waals surface area contributed by atoms with Crippen molar-refractivity contribution in [1.82, 2.24) is 5.32 Å². The lowest BCUT2D eigenvalue weighted by Crippen LogP contribution is -2.35. The number of carbonyl (C=O) groups excluding carboxylic acids is 2. The van der Waals surface area contributed by atoms with Crippen molar-refractivity contribution in [2.45, 2.75) is 45.6 Å². The number of amides is 3. The zero-order chi connectivity index (χ0) is 23.5. The summed E-state index contributed by atoms with van der Waals surface area (Å²) in [6, 6.07) is 11.8. The van der Waals surface area contributed by atoms with E-state index < -0.39 is 0 Å². The lowest BCUT2D eigenvalue weighted by molar-refractivity contribution is 0.102. The number of rotatable bonds is 11. The molecule has 1 fully saturated rings. The minimum Gasteiger partial charge on any atom is -0.490 e. The van der Waals surface area contributed by atoms with Crippen LogP contribution in [0, 0.1) is 0 Å². The van der Waals surface area contributed by atoms with Crippen molar-refractivity contribution in [3.8, 4) is 11.5 Å². The second-order valence-electron chi connectivity index (χ2n) is 7.86. The average molecular weight is 456 g/mol. The Hall–Kier alpha value is -3.26. The second-order valence-corrected chi connectivity index (χ2v) is 7.86. The number of ether oxygens (including phenoxy) is 3. The molecule has 1 aliphatic heterocycles. The van der Waals surface area contributed by atoms with Crippen LogP contribution in [0.3, 0.4) is 0 Å². The predicted octanol–water partition coefficient (Wildman–Crippen LogP) is 4.82. The van der Waals surface area contributed by atoms with Gasteiger partial charge in [0.05, 0.1) is 19.3 Å². The van der Waals surface area contributed by atoms with Gasteiger partial charge in [0.2, 0.25) is 0 Å². The highest BCUT2D eigenvalue weighted by Crippen LogP contribution is 2.29. The van der Waals surface area contributed by atoms with E-state index in [1.54, 1.807) is 42.5 Å². The molecule has 1 saturated heterocycles. The van der Waals surface area contributed by atoms with E-state index >= 15 is 0 Å². The summed E-state index contributed by atoms with van der Waals surface area (Å²) in [5, 5.41) is 8.46. The van der Waals surface area contributed by atoms with Crippen LogP contribution in [0.15, 0.2) is 42.5 Å². The SMILES string of the molecule is CCCOc1ccc(C(=O)Nc2ccc(NC(=O)NCC3CCCO3)cc2)cc1OCCC. The average Bonchev–Trinajstić information content (AvgIpc) is 3.35. The molecule has 1 aliphatic rings. The molecular weight excluding hydrogens is 422 g/mol. The minimum atomic E-state index is -0.285. The van der Waals surface area contributed by atoms with E-state index in [1.807, 2.05) is 13.8 Å². The zero-order valence-corrected chi connectivity index (χ0v) is 19.3. The van der Waals surface area contributed by atoms with E-state index in [4.69, 9.17) is 14.2 Å². The maximum Gasteiger partial charge on any atom is 0.319 e. The third-order valence-electron chi connectivity index (χ3n) is 5.04. The predicted molar refractivity (Wildman–Crippen MR) is 128 cm³/mol. The number of hydrogen-bond donors (Lipinski definition) is 3. The molecule has 0 aromatic heterocycles. The molecule has 33 heavy (non-hydrogen) atoms. The molecule has 0 saturated carbocycles. The summed E-state index contributed by atoms with van der Waals surface area (Å²) in [4.78, 5) is 24.8. The number of carbonyl (C=O) groups is 2. The van der Waals surface area contributed by atoms with E-state index in [-0.39, 0.29) is 18.0 Å². The maximum atomic E-state index is 12.7. The van der Waals surface area contributed by atoms with Crippen LogP contribution in [-0.2, 0) is 4.74 Å². The van der Waals surface area contributed by atoms with Gasteiger partial charge >= 0.3 is 6.03 Å². The molecule has 3 amide bonds. The van der Waals surface area contributed by atoms with Gasteiger partial charge in [0.25, 0.3) is 5.91 Å². The summed E-state index contributed by atoms with van der Waals surface area (Å²) in [6.45, 7) is 6.43. The first-order valence-corrected chi connectivity index (χ1v) is 11.6. The lowest BCUT2D eigenvalue weighted by Gasteiger charge is -2.14. The molecule has 2 aromatic carbocycles. The first-order valence-electron chi connectivity index (χ1n) is 11.6. The van der Waals surface area contributed by atoms with E-state index in [0.717, 1.165) is 32.3 Å². The van der Waals surface area contributed by atoms with Crippen LogP contribution >= 0.6 is 0 Å². The highest BCUT2D eigenvalue weighted by Gasteiger charge is 2.16. The number of nitrogens with one attached hydrogen (secondary N) is 3. The van der Waals surface area contributed by atoms with Crippen LogP contribution in [0.2, 0.25) is 0 Å². The highest BCUT2D eigenvalue weighted by atomic mass is 16.5. The Kier molecular flexibility index (Phi) is 9.38. The second kappa shape index (κ2) is 12.7. The van der Waals surface area contributed by atoms with Gasteiger partial charge in [0, 0.05) is 30.1 Å². The summed E-state index contributed by atoms with van der Waals surface area (Å²) >= 11 is 0. The number of hydrogen-bond acceptors (Lipinski definition) is 5. The first kappa shape index (κ1) is 24.4. The van der Waals surface area contributed by atoms with Crippen LogP contribution < -0.4 is 25.4 Å². The Bertz CT molecular complexity index is 911. The van der Waals surface area contributed by atoms with Gasteiger partial charge in [-0.2, -0.15) is 0 Å². The van der Waals surface area contributed by atoms with E-state index in [0.29, 0.717) is 48.2 Å². The molecule has 3 N–H and O–H groups in total. The van der Waals surface area contributed by atoms with Crippen molar-refractivity contribution in [2.75, 3.05) is 37.0 Å². The largest absolute Gasteiger partial charge is 0.490 e. The Morgan fingerprint density at radius 3 is 2.24 bits per heavy atom. The normalized spacial score (nSPS) is 15.0. The molecule has 178 valence electrons. The first-order chi connectivity index (χ1) is 16.1. The van der Waals surface area contributed by atoms with E-state index in [9.17, 15) is 9.59 Å². The van der Waals surface area contributed by atoms with E-state index in [2.05, 4.69) is 16.0 Å². The third-order valence-corrected chi connectivity index (χ3v) is 5.04. The summed E-state index contributed by atoms with van der Waals surface area (Å²) < 4.78 is 17.0. The van der Waals surface area contributed by atoms with Gasteiger partial charge in [0.1, 0.15) is 0 Å². The van der Waals surface area contributed by atoms with Gasteiger partial charge in [-0.3, -0.25) is 4.79 Å². The Morgan fingerprint density at radius 1 is 0.939 bits per heavy atom. The monoisotopic (exact) mass is 455 g/mol. The van der Waals surface area contributed by atoms with Gasteiger partial charge < -0.3 is 30.2 Å². The summed E-state index contributed by atoms with van der Waals surface area (Å²) in [7, 11) is 0. The molecule has 2 aromatic rings. The quantitative estimate of drug-likeness (QED) is 0.451.